The number of amides is 1. The highest BCUT2D eigenvalue weighted by atomic mass is 32.1. The molecule has 2 rings (SSSR count). The predicted molar refractivity (Wildman–Crippen MR) is 82.5 cm³/mol. The van der Waals surface area contributed by atoms with Gasteiger partial charge in [-0.15, -0.1) is 11.3 Å². The van der Waals surface area contributed by atoms with Crippen molar-refractivity contribution in [1.82, 2.24) is 10.3 Å². The molecule has 116 valence electrons. The standard InChI is InChI=1S/C15H16N2O4S/c1-10-14(22-9-17-10)15(20)16-7-6-11-2-4-12(5-3-11)21-8-13(18)19/h2-5,9H,6-8H2,1H3,(H,16,20)(H,18,19). The monoisotopic (exact) mass is 320 g/mol. The maximum atomic E-state index is 11.9. The average Bonchev–Trinajstić information content (AvgIpc) is 2.92. The molecule has 0 aliphatic heterocycles. The van der Waals surface area contributed by atoms with E-state index in [4.69, 9.17) is 9.84 Å². The molecule has 0 radical (unpaired) electrons. The number of aliphatic carboxylic acids is 1. The Morgan fingerprint density at radius 3 is 2.64 bits per heavy atom. The smallest absolute Gasteiger partial charge is 0.341 e. The van der Waals surface area contributed by atoms with Crippen molar-refractivity contribution in [1.29, 1.82) is 0 Å². The number of nitrogens with zero attached hydrogens (tertiary/aromatic N) is 1. The third-order valence-electron chi connectivity index (χ3n) is 2.94. The number of hydrogen-bond acceptors (Lipinski definition) is 5. The lowest BCUT2D eigenvalue weighted by atomic mass is 10.1. The number of thiazole rings is 1. The first-order valence-electron chi connectivity index (χ1n) is 6.68. The Hall–Kier alpha value is -2.41. The quantitative estimate of drug-likeness (QED) is 0.813. The summed E-state index contributed by atoms with van der Waals surface area (Å²) in [6, 6.07) is 7.13. The summed E-state index contributed by atoms with van der Waals surface area (Å²) in [6.07, 6.45) is 0.683. The van der Waals surface area contributed by atoms with Crippen molar-refractivity contribution in [2.45, 2.75) is 13.3 Å². The van der Waals surface area contributed by atoms with E-state index in [1.807, 2.05) is 12.1 Å². The molecule has 6 nitrogen and oxygen atoms in total. The van der Waals surface area contributed by atoms with Crippen LogP contribution in [0.5, 0.6) is 5.75 Å². The molecule has 0 saturated carbocycles. The van der Waals surface area contributed by atoms with Crippen LogP contribution in [-0.2, 0) is 11.2 Å². The van der Waals surface area contributed by atoms with Gasteiger partial charge in [-0.25, -0.2) is 9.78 Å². The zero-order valence-electron chi connectivity index (χ0n) is 12.0. The summed E-state index contributed by atoms with van der Waals surface area (Å²) in [5.74, 6) is -0.609. The van der Waals surface area contributed by atoms with Crippen LogP contribution in [-0.4, -0.2) is 35.1 Å². The Bertz CT molecular complexity index is 652. The van der Waals surface area contributed by atoms with E-state index >= 15 is 0 Å². The maximum Gasteiger partial charge on any atom is 0.341 e. The molecule has 2 N–H and O–H groups in total. The van der Waals surface area contributed by atoms with Gasteiger partial charge in [-0.05, 0) is 31.0 Å². The Morgan fingerprint density at radius 2 is 2.05 bits per heavy atom. The van der Waals surface area contributed by atoms with Crippen LogP contribution in [0.15, 0.2) is 29.8 Å². The van der Waals surface area contributed by atoms with Gasteiger partial charge in [0.2, 0.25) is 0 Å². The highest BCUT2D eigenvalue weighted by Gasteiger charge is 2.10. The summed E-state index contributed by atoms with van der Waals surface area (Å²) in [5.41, 5.74) is 3.42. The summed E-state index contributed by atoms with van der Waals surface area (Å²) < 4.78 is 5.05. The first kappa shape index (κ1) is 16.0. The number of carboxylic acids is 1. The number of benzene rings is 1. The molecule has 0 unspecified atom stereocenters. The number of carboxylic acid groups (broad SMARTS) is 1. The number of rotatable bonds is 7. The van der Waals surface area contributed by atoms with E-state index in [2.05, 4.69) is 10.3 Å². The number of carbonyl (C=O) groups is 2. The van der Waals surface area contributed by atoms with Crippen LogP contribution in [0.1, 0.15) is 20.9 Å². The number of hydrogen-bond donors (Lipinski definition) is 2. The molecule has 0 bridgehead atoms. The molecule has 0 spiro atoms. The normalized spacial score (nSPS) is 10.2. The molecular weight excluding hydrogens is 304 g/mol. The third kappa shape index (κ3) is 4.56. The van der Waals surface area contributed by atoms with Gasteiger partial charge in [-0.1, -0.05) is 12.1 Å². The fraction of sp³-hybridized carbons (Fsp3) is 0.267. The molecule has 1 amide bonds. The number of carbonyl (C=O) groups excluding carboxylic acids is 1. The molecule has 22 heavy (non-hydrogen) atoms. The van der Waals surface area contributed by atoms with E-state index < -0.39 is 5.97 Å². The van der Waals surface area contributed by atoms with Gasteiger partial charge in [-0.3, -0.25) is 4.79 Å². The molecule has 0 aliphatic carbocycles. The number of nitrogens with one attached hydrogen (secondary N) is 1. The van der Waals surface area contributed by atoms with E-state index in [0.717, 1.165) is 11.3 Å². The minimum absolute atomic E-state index is 0.110. The van der Waals surface area contributed by atoms with Crippen molar-refractivity contribution in [2.75, 3.05) is 13.2 Å². The van der Waals surface area contributed by atoms with Gasteiger partial charge in [0.05, 0.1) is 11.2 Å². The van der Waals surface area contributed by atoms with Crippen LogP contribution in [0.3, 0.4) is 0 Å². The van der Waals surface area contributed by atoms with Crippen molar-refractivity contribution in [2.24, 2.45) is 0 Å². The maximum absolute atomic E-state index is 11.9. The van der Waals surface area contributed by atoms with Crippen molar-refractivity contribution in [3.63, 3.8) is 0 Å². The third-order valence-corrected chi connectivity index (χ3v) is 3.86. The largest absolute Gasteiger partial charge is 0.482 e. The van der Waals surface area contributed by atoms with E-state index in [1.54, 1.807) is 24.6 Å². The molecule has 1 aromatic carbocycles. The second-order valence-corrected chi connectivity index (χ2v) is 5.45. The predicted octanol–water partition coefficient (Wildman–Crippen LogP) is 1.89. The zero-order valence-corrected chi connectivity index (χ0v) is 12.9. The second kappa shape index (κ2) is 7.56. The van der Waals surface area contributed by atoms with Gasteiger partial charge in [0.25, 0.3) is 5.91 Å². The Kier molecular flexibility index (Phi) is 5.48. The number of aryl methyl sites for hydroxylation is 1. The van der Waals surface area contributed by atoms with Crippen LogP contribution in [0.25, 0.3) is 0 Å². The lowest BCUT2D eigenvalue weighted by Gasteiger charge is -2.06. The fourth-order valence-corrected chi connectivity index (χ4v) is 2.54. The number of ether oxygens (including phenoxy) is 1. The van der Waals surface area contributed by atoms with Gasteiger partial charge in [0.1, 0.15) is 10.6 Å². The summed E-state index contributed by atoms with van der Waals surface area (Å²) in [6.45, 7) is 1.97. The first-order valence-corrected chi connectivity index (χ1v) is 7.56. The summed E-state index contributed by atoms with van der Waals surface area (Å²) >= 11 is 1.33. The molecule has 0 aliphatic rings. The molecule has 0 atom stereocenters. The highest BCUT2D eigenvalue weighted by molar-refractivity contribution is 7.11. The second-order valence-electron chi connectivity index (χ2n) is 4.60. The van der Waals surface area contributed by atoms with E-state index in [-0.39, 0.29) is 12.5 Å². The van der Waals surface area contributed by atoms with Crippen LogP contribution in [0, 0.1) is 6.92 Å². The topological polar surface area (TPSA) is 88.5 Å². The van der Waals surface area contributed by atoms with Crippen molar-refractivity contribution >= 4 is 23.2 Å². The van der Waals surface area contributed by atoms with Crippen LogP contribution >= 0.6 is 11.3 Å². The summed E-state index contributed by atoms with van der Waals surface area (Å²) in [4.78, 5) is 27.0. The molecule has 1 aromatic heterocycles. The van der Waals surface area contributed by atoms with Crippen LogP contribution in [0.4, 0.5) is 0 Å². The zero-order chi connectivity index (χ0) is 15.9. The summed E-state index contributed by atoms with van der Waals surface area (Å²) in [7, 11) is 0. The SMILES string of the molecule is Cc1ncsc1C(=O)NCCc1ccc(OCC(=O)O)cc1. The molecular formula is C15H16N2O4S. The molecule has 0 fully saturated rings. The molecule has 7 heteroatoms. The Balaban J connectivity index is 1.78. The van der Waals surface area contributed by atoms with E-state index in [0.29, 0.717) is 23.6 Å². The van der Waals surface area contributed by atoms with Crippen molar-refractivity contribution < 1.29 is 19.4 Å². The minimum Gasteiger partial charge on any atom is -0.482 e. The van der Waals surface area contributed by atoms with Crippen molar-refractivity contribution in [3.8, 4) is 5.75 Å². The van der Waals surface area contributed by atoms with Crippen LogP contribution < -0.4 is 10.1 Å². The Morgan fingerprint density at radius 1 is 1.32 bits per heavy atom. The number of aromatic nitrogens is 1. The molecule has 2 aromatic rings. The van der Waals surface area contributed by atoms with E-state index in [9.17, 15) is 9.59 Å². The molecule has 1 heterocycles. The lowest BCUT2D eigenvalue weighted by molar-refractivity contribution is -0.139. The average molecular weight is 320 g/mol. The summed E-state index contributed by atoms with van der Waals surface area (Å²) in [5, 5.41) is 11.4. The highest BCUT2D eigenvalue weighted by Crippen LogP contribution is 2.13. The fourth-order valence-electron chi connectivity index (χ4n) is 1.82. The molecule has 0 saturated heterocycles. The van der Waals surface area contributed by atoms with Crippen molar-refractivity contribution in [3.05, 3.63) is 45.9 Å². The van der Waals surface area contributed by atoms with Crippen LogP contribution in [0.2, 0.25) is 0 Å². The van der Waals surface area contributed by atoms with E-state index in [1.165, 1.54) is 11.3 Å². The van der Waals surface area contributed by atoms with Gasteiger partial charge in [0, 0.05) is 6.54 Å². The Labute approximate surface area is 131 Å². The minimum atomic E-state index is -1.01. The lowest BCUT2D eigenvalue weighted by Crippen LogP contribution is -2.25. The van der Waals surface area contributed by atoms with Gasteiger partial charge in [-0.2, -0.15) is 0 Å². The van der Waals surface area contributed by atoms with Gasteiger partial charge >= 0.3 is 5.97 Å². The first-order chi connectivity index (χ1) is 10.6. The van der Waals surface area contributed by atoms with Gasteiger partial charge in [0.15, 0.2) is 6.61 Å². The van der Waals surface area contributed by atoms with Gasteiger partial charge < -0.3 is 15.2 Å².